The number of nitrogens with zero attached hydrogens (tertiary/aromatic N) is 1. The molecule has 0 bridgehead atoms. The van der Waals surface area contributed by atoms with Crippen molar-refractivity contribution < 1.29 is 9.53 Å². The summed E-state index contributed by atoms with van der Waals surface area (Å²) in [7, 11) is 0. The van der Waals surface area contributed by atoms with E-state index in [4.69, 9.17) is 4.74 Å². The fourth-order valence-corrected chi connectivity index (χ4v) is 6.12. The lowest BCUT2D eigenvalue weighted by atomic mass is 10.1. The monoisotopic (exact) mass is 461 g/mol. The molecule has 0 saturated heterocycles. The molecular weight excluding hydrogens is 442 g/mol. The SMILES string of the molecule is CCOC(=O)/C=C/N1c2ccc(-c3cccs3)cc2Sc2cc(-c3cccs3)ccc21. The number of hydrogen-bond acceptors (Lipinski definition) is 6. The predicted molar refractivity (Wildman–Crippen MR) is 132 cm³/mol. The summed E-state index contributed by atoms with van der Waals surface area (Å²) in [6, 6.07) is 21.4. The van der Waals surface area contributed by atoms with Crippen LogP contribution in [0.2, 0.25) is 0 Å². The molecule has 0 radical (unpaired) electrons. The summed E-state index contributed by atoms with van der Waals surface area (Å²) >= 11 is 5.24. The van der Waals surface area contributed by atoms with Gasteiger partial charge in [0.25, 0.3) is 0 Å². The molecular formula is C25H19NO2S3. The maximum Gasteiger partial charge on any atom is 0.332 e. The van der Waals surface area contributed by atoms with E-state index in [0.717, 1.165) is 21.2 Å². The van der Waals surface area contributed by atoms with Gasteiger partial charge >= 0.3 is 5.97 Å². The molecule has 0 spiro atoms. The average molecular weight is 462 g/mol. The molecule has 0 fully saturated rings. The summed E-state index contributed by atoms with van der Waals surface area (Å²) in [5.74, 6) is -0.339. The molecule has 0 saturated carbocycles. The number of carbonyl (C=O) groups excluding carboxylic acids is 1. The van der Waals surface area contributed by atoms with E-state index in [0.29, 0.717) is 6.61 Å². The van der Waals surface area contributed by atoms with E-state index in [1.54, 1.807) is 34.4 Å². The van der Waals surface area contributed by atoms with Crippen molar-refractivity contribution in [3.63, 3.8) is 0 Å². The number of hydrogen-bond donors (Lipinski definition) is 0. The molecule has 3 heterocycles. The molecule has 6 heteroatoms. The highest BCUT2D eigenvalue weighted by Gasteiger charge is 2.23. The van der Waals surface area contributed by atoms with E-state index in [2.05, 4.69) is 76.3 Å². The Morgan fingerprint density at radius 2 is 1.48 bits per heavy atom. The fourth-order valence-electron chi connectivity index (χ4n) is 3.52. The first kappa shape index (κ1) is 20.1. The third-order valence-electron chi connectivity index (χ3n) is 4.92. The molecule has 0 atom stereocenters. The first-order valence-electron chi connectivity index (χ1n) is 9.91. The topological polar surface area (TPSA) is 29.5 Å². The van der Waals surface area contributed by atoms with Crippen molar-refractivity contribution in [2.24, 2.45) is 0 Å². The lowest BCUT2D eigenvalue weighted by Gasteiger charge is -2.30. The smallest absolute Gasteiger partial charge is 0.332 e. The molecule has 4 aromatic rings. The maximum absolute atomic E-state index is 12.0. The van der Waals surface area contributed by atoms with Crippen molar-refractivity contribution in [1.82, 2.24) is 0 Å². The van der Waals surface area contributed by atoms with Crippen LogP contribution in [0.25, 0.3) is 20.9 Å². The van der Waals surface area contributed by atoms with Gasteiger partial charge in [-0.1, -0.05) is 36.0 Å². The second-order valence-electron chi connectivity index (χ2n) is 6.86. The van der Waals surface area contributed by atoms with Crippen LogP contribution in [-0.4, -0.2) is 12.6 Å². The maximum atomic E-state index is 12.0. The lowest BCUT2D eigenvalue weighted by Crippen LogP contribution is -2.15. The lowest BCUT2D eigenvalue weighted by molar-refractivity contribution is -0.137. The van der Waals surface area contributed by atoms with Gasteiger partial charge in [-0.25, -0.2) is 4.79 Å². The van der Waals surface area contributed by atoms with Crippen LogP contribution >= 0.6 is 34.4 Å². The third-order valence-corrected chi connectivity index (χ3v) is 7.85. The quantitative estimate of drug-likeness (QED) is 0.224. The minimum Gasteiger partial charge on any atom is -0.463 e. The highest BCUT2D eigenvalue weighted by Crippen LogP contribution is 2.50. The van der Waals surface area contributed by atoms with Gasteiger partial charge in [0.15, 0.2) is 0 Å². The van der Waals surface area contributed by atoms with Crippen molar-refractivity contribution in [3.8, 4) is 20.9 Å². The summed E-state index contributed by atoms with van der Waals surface area (Å²) in [5.41, 5.74) is 4.52. The van der Waals surface area contributed by atoms with Crippen LogP contribution in [0.5, 0.6) is 0 Å². The van der Waals surface area contributed by atoms with Crippen molar-refractivity contribution >= 4 is 51.8 Å². The van der Waals surface area contributed by atoms with E-state index in [1.807, 2.05) is 13.1 Å². The Kier molecular flexibility index (Phi) is 5.68. The summed E-state index contributed by atoms with van der Waals surface area (Å²) in [6.07, 6.45) is 3.30. The van der Waals surface area contributed by atoms with Crippen molar-refractivity contribution in [2.45, 2.75) is 16.7 Å². The van der Waals surface area contributed by atoms with E-state index in [1.165, 1.54) is 27.0 Å². The van der Waals surface area contributed by atoms with Crippen LogP contribution in [0, 0.1) is 0 Å². The largest absolute Gasteiger partial charge is 0.463 e. The summed E-state index contributed by atoms with van der Waals surface area (Å²) in [4.78, 5) is 18.9. The number of fused-ring (bicyclic) bond motifs is 2. The van der Waals surface area contributed by atoms with Crippen molar-refractivity contribution in [1.29, 1.82) is 0 Å². The molecule has 0 amide bonds. The number of anilines is 2. The van der Waals surface area contributed by atoms with Gasteiger partial charge in [-0.15, -0.1) is 22.7 Å². The van der Waals surface area contributed by atoms with E-state index in [9.17, 15) is 4.79 Å². The first-order chi connectivity index (χ1) is 15.2. The number of carbonyl (C=O) groups is 1. The fraction of sp³-hybridized carbons (Fsp3) is 0.0800. The standard InChI is InChI=1S/C25H19NO2S3/c1-2-28-25(27)11-12-26-19-9-7-17(21-5-3-13-29-21)15-23(19)31-24-16-18(8-10-20(24)26)22-6-4-14-30-22/h3-16H,2H2,1H3/b12-11+. The molecule has 154 valence electrons. The molecule has 31 heavy (non-hydrogen) atoms. The second-order valence-corrected chi connectivity index (χ2v) is 9.84. The molecule has 0 N–H and O–H groups in total. The highest BCUT2D eigenvalue weighted by molar-refractivity contribution is 7.99. The van der Waals surface area contributed by atoms with Gasteiger partial charge in [-0.05, 0) is 65.2 Å². The zero-order valence-electron chi connectivity index (χ0n) is 16.8. The van der Waals surface area contributed by atoms with E-state index >= 15 is 0 Å². The van der Waals surface area contributed by atoms with Crippen molar-refractivity contribution in [3.05, 3.63) is 83.7 Å². The number of rotatable bonds is 5. The second kappa shape index (κ2) is 8.75. The van der Waals surface area contributed by atoms with Crippen LogP contribution in [0.15, 0.2) is 93.5 Å². The van der Waals surface area contributed by atoms with Crippen LogP contribution in [0.1, 0.15) is 6.92 Å². The number of ether oxygens (including phenoxy) is 1. The Morgan fingerprint density at radius 3 is 1.97 bits per heavy atom. The normalized spacial score (nSPS) is 12.6. The van der Waals surface area contributed by atoms with Crippen LogP contribution in [-0.2, 0) is 9.53 Å². The van der Waals surface area contributed by atoms with Gasteiger partial charge < -0.3 is 9.64 Å². The Bertz CT molecular complexity index is 1160. The summed E-state index contributed by atoms with van der Waals surface area (Å²) in [6.45, 7) is 2.17. The Balaban J connectivity index is 1.59. The molecule has 0 unspecified atom stereocenters. The van der Waals surface area contributed by atoms with Gasteiger partial charge in [0.1, 0.15) is 0 Å². The zero-order valence-corrected chi connectivity index (χ0v) is 19.2. The number of thiophene rings is 2. The van der Waals surface area contributed by atoms with Gasteiger partial charge in [-0.3, -0.25) is 0 Å². The first-order valence-corrected chi connectivity index (χ1v) is 12.5. The summed E-state index contributed by atoms with van der Waals surface area (Å²) < 4.78 is 5.09. The van der Waals surface area contributed by atoms with Gasteiger partial charge in [0.05, 0.1) is 18.0 Å². The predicted octanol–water partition coefficient (Wildman–Crippen LogP) is 7.82. The molecule has 3 nitrogen and oxygen atoms in total. The van der Waals surface area contributed by atoms with Crippen LogP contribution < -0.4 is 4.90 Å². The van der Waals surface area contributed by atoms with E-state index in [-0.39, 0.29) is 5.97 Å². The average Bonchev–Trinajstić information content (AvgIpc) is 3.50. The Morgan fingerprint density at radius 1 is 0.903 bits per heavy atom. The minimum absolute atomic E-state index is 0.339. The van der Waals surface area contributed by atoms with Crippen LogP contribution in [0.3, 0.4) is 0 Å². The molecule has 2 aromatic carbocycles. The highest BCUT2D eigenvalue weighted by atomic mass is 32.2. The van der Waals surface area contributed by atoms with Gasteiger partial charge in [-0.2, -0.15) is 0 Å². The molecule has 1 aliphatic rings. The van der Waals surface area contributed by atoms with Crippen LogP contribution in [0.4, 0.5) is 11.4 Å². The molecule has 2 aromatic heterocycles. The summed E-state index contributed by atoms with van der Waals surface area (Å²) in [5, 5.41) is 4.19. The minimum atomic E-state index is -0.339. The number of esters is 1. The molecule has 0 aliphatic carbocycles. The van der Waals surface area contributed by atoms with Crippen molar-refractivity contribution in [2.75, 3.05) is 11.5 Å². The molecule has 5 rings (SSSR count). The number of benzene rings is 2. The van der Waals surface area contributed by atoms with Gasteiger partial charge in [0, 0.05) is 31.8 Å². The zero-order chi connectivity index (χ0) is 21.2. The molecule has 1 aliphatic heterocycles. The third kappa shape index (κ3) is 4.06. The Hall–Kier alpha value is -2.80. The van der Waals surface area contributed by atoms with E-state index < -0.39 is 0 Å². The van der Waals surface area contributed by atoms with Gasteiger partial charge in [0.2, 0.25) is 0 Å². The Labute approximate surface area is 193 Å².